The van der Waals surface area contributed by atoms with E-state index in [0.29, 0.717) is 12.0 Å². The monoisotopic (exact) mass is 296 g/mol. The van der Waals surface area contributed by atoms with Crippen molar-refractivity contribution in [1.29, 1.82) is 0 Å². The van der Waals surface area contributed by atoms with Crippen molar-refractivity contribution < 1.29 is 4.74 Å². The van der Waals surface area contributed by atoms with Gasteiger partial charge in [0.1, 0.15) is 6.61 Å². The molecule has 1 nitrogen and oxygen atoms in total. The van der Waals surface area contributed by atoms with Crippen LogP contribution in [-0.2, 0) is 11.3 Å². The molecule has 1 heteroatoms. The maximum absolute atomic E-state index is 5.93. The summed E-state index contributed by atoms with van der Waals surface area (Å²) in [5.74, 6) is 0.727. The van der Waals surface area contributed by atoms with Gasteiger partial charge in [-0.1, -0.05) is 69.7 Å². The number of hydrogen-bond acceptors (Lipinski definition) is 1. The van der Waals surface area contributed by atoms with Crippen LogP contribution < -0.4 is 0 Å². The molecule has 0 heterocycles. The topological polar surface area (TPSA) is 9.23 Å². The first kappa shape index (κ1) is 15.4. The first-order valence-electron chi connectivity index (χ1n) is 8.55. The van der Waals surface area contributed by atoms with Gasteiger partial charge >= 0.3 is 0 Å². The van der Waals surface area contributed by atoms with Crippen molar-refractivity contribution in [3.05, 3.63) is 59.9 Å². The Labute approximate surface area is 135 Å². The molecule has 0 unspecified atom stereocenters. The molecule has 0 N–H and O–H groups in total. The van der Waals surface area contributed by atoms with E-state index >= 15 is 0 Å². The second kappa shape index (κ2) is 5.95. The highest BCUT2D eigenvalue weighted by Crippen LogP contribution is 2.57. The van der Waals surface area contributed by atoms with Crippen molar-refractivity contribution in [2.45, 2.75) is 53.1 Å². The van der Waals surface area contributed by atoms with Crippen molar-refractivity contribution in [2.75, 3.05) is 0 Å². The Morgan fingerprint density at radius 2 is 1.91 bits per heavy atom. The number of fused-ring (bicyclic) bond motifs is 1. The molecule has 0 radical (unpaired) electrons. The predicted molar refractivity (Wildman–Crippen MR) is 92.3 cm³/mol. The van der Waals surface area contributed by atoms with E-state index in [0.717, 1.165) is 5.92 Å². The molecule has 0 amide bonds. The number of ether oxygens (including phenoxy) is 1. The quantitative estimate of drug-likeness (QED) is 0.633. The Balaban J connectivity index is 1.76. The van der Waals surface area contributed by atoms with Crippen molar-refractivity contribution in [2.24, 2.45) is 16.7 Å². The molecule has 22 heavy (non-hydrogen) atoms. The molecule has 0 aromatic heterocycles. The lowest BCUT2D eigenvalue weighted by Crippen LogP contribution is -2.44. The summed E-state index contributed by atoms with van der Waals surface area (Å²) in [5, 5.41) is 0. The highest BCUT2D eigenvalue weighted by atomic mass is 16.5. The van der Waals surface area contributed by atoms with Crippen LogP contribution in [0.3, 0.4) is 0 Å². The summed E-state index contributed by atoms with van der Waals surface area (Å²) in [7, 11) is 0. The molecular weight excluding hydrogens is 268 g/mol. The zero-order valence-electron chi connectivity index (χ0n) is 14.1. The molecule has 1 fully saturated rings. The zero-order valence-corrected chi connectivity index (χ0v) is 14.1. The molecular formula is C21H28O. The average molecular weight is 296 g/mol. The molecule has 0 bridgehead atoms. The standard InChI is InChI=1S/C21H28O/c1-20(2)13-8-14-21(3)18(11-7-12-19(20)21)16-22-15-17-9-5-4-6-10-17/h4-7,9-11,16,19H,8,12-15H2,1-3H3/t19-,21+/m0/s1. The van der Waals surface area contributed by atoms with E-state index in [1.54, 1.807) is 0 Å². The van der Waals surface area contributed by atoms with Gasteiger partial charge in [-0.2, -0.15) is 0 Å². The number of hydrogen-bond donors (Lipinski definition) is 0. The molecule has 118 valence electrons. The molecule has 0 spiro atoms. The van der Waals surface area contributed by atoms with Gasteiger partial charge in [0.15, 0.2) is 0 Å². The summed E-state index contributed by atoms with van der Waals surface area (Å²) in [4.78, 5) is 0. The molecule has 2 atom stereocenters. The molecule has 2 aliphatic carbocycles. The Kier molecular flexibility index (Phi) is 4.16. The summed E-state index contributed by atoms with van der Waals surface area (Å²) in [6.45, 7) is 7.98. The van der Waals surface area contributed by atoms with E-state index in [2.05, 4.69) is 57.2 Å². The normalized spacial score (nSPS) is 31.8. The predicted octanol–water partition coefficient (Wildman–Crippen LogP) is 5.88. The van der Waals surface area contributed by atoms with E-state index in [4.69, 9.17) is 4.74 Å². The second-order valence-electron chi connectivity index (χ2n) is 7.82. The highest BCUT2D eigenvalue weighted by Gasteiger charge is 2.48. The van der Waals surface area contributed by atoms with Crippen molar-refractivity contribution in [1.82, 2.24) is 0 Å². The highest BCUT2D eigenvalue weighted by molar-refractivity contribution is 5.31. The number of allylic oxidation sites excluding steroid dienone is 3. The van der Waals surface area contributed by atoms with Gasteiger partial charge in [-0.3, -0.25) is 0 Å². The minimum Gasteiger partial charge on any atom is -0.496 e. The van der Waals surface area contributed by atoms with Crippen molar-refractivity contribution in [3.8, 4) is 0 Å². The molecule has 0 saturated heterocycles. The summed E-state index contributed by atoms with van der Waals surface area (Å²) in [6.07, 6.45) is 11.8. The third kappa shape index (κ3) is 2.86. The van der Waals surface area contributed by atoms with Gasteiger partial charge in [-0.15, -0.1) is 0 Å². The zero-order chi connectivity index (χ0) is 15.6. The number of rotatable bonds is 3. The lowest BCUT2D eigenvalue weighted by Gasteiger charge is -2.53. The first-order valence-corrected chi connectivity index (χ1v) is 8.55. The van der Waals surface area contributed by atoms with Crippen LogP contribution in [0, 0.1) is 16.7 Å². The van der Waals surface area contributed by atoms with E-state index < -0.39 is 0 Å². The summed E-state index contributed by atoms with van der Waals surface area (Å²) in [5.41, 5.74) is 3.31. The van der Waals surface area contributed by atoms with Crippen LogP contribution in [0.5, 0.6) is 0 Å². The maximum Gasteiger partial charge on any atom is 0.112 e. The van der Waals surface area contributed by atoms with Crippen molar-refractivity contribution in [3.63, 3.8) is 0 Å². The van der Waals surface area contributed by atoms with E-state index in [-0.39, 0.29) is 5.41 Å². The summed E-state index contributed by atoms with van der Waals surface area (Å²) >= 11 is 0. The Morgan fingerprint density at radius 1 is 1.14 bits per heavy atom. The molecule has 3 rings (SSSR count). The molecule has 1 saturated carbocycles. The molecule has 2 aliphatic rings. The first-order chi connectivity index (χ1) is 10.5. The van der Waals surface area contributed by atoms with Gasteiger partial charge < -0.3 is 4.74 Å². The van der Waals surface area contributed by atoms with Crippen LogP contribution >= 0.6 is 0 Å². The average Bonchev–Trinajstić information content (AvgIpc) is 2.49. The SMILES string of the molecule is CC1(C)CCC[C@]2(C)C(=COCc3ccccc3)C=CC[C@@H]12. The van der Waals surface area contributed by atoms with Crippen molar-refractivity contribution >= 4 is 0 Å². The fraction of sp³-hybridized carbons (Fsp3) is 0.524. The van der Waals surface area contributed by atoms with E-state index in [9.17, 15) is 0 Å². The minimum absolute atomic E-state index is 0.271. The van der Waals surface area contributed by atoms with Gasteiger partial charge in [0.2, 0.25) is 0 Å². The number of benzene rings is 1. The maximum atomic E-state index is 5.93. The smallest absolute Gasteiger partial charge is 0.112 e. The van der Waals surface area contributed by atoms with Gasteiger partial charge in [0, 0.05) is 0 Å². The van der Waals surface area contributed by atoms with Crippen LogP contribution in [0.15, 0.2) is 54.3 Å². The summed E-state index contributed by atoms with van der Waals surface area (Å²) in [6, 6.07) is 10.4. The third-order valence-corrected chi connectivity index (χ3v) is 5.86. The Morgan fingerprint density at radius 3 is 2.68 bits per heavy atom. The lowest BCUT2D eigenvalue weighted by molar-refractivity contribution is 0.0249. The van der Waals surface area contributed by atoms with Crippen LogP contribution in [0.1, 0.15) is 52.0 Å². The summed E-state index contributed by atoms with van der Waals surface area (Å²) < 4.78 is 5.93. The molecule has 1 aromatic rings. The third-order valence-electron chi connectivity index (χ3n) is 5.86. The molecule has 1 aromatic carbocycles. The second-order valence-corrected chi connectivity index (χ2v) is 7.82. The molecule has 0 aliphatic heterocycles. The largest absolute Gasteiger partial charge is 0.496 e. The van der Waals surface area contributed by atoms with Gasteiger partial charge in [0.05, 0.1) is 6.26 Å². The lowest BCUT2D eigenvalue weighted by atomic mass is 9.52. The van der Waals surface area contributed by atoms with Crippen LogP contribution in [0.2, 0.25) is 0 Å². The fourth-order valence-electron chi connectivity index (χ4n) is 4.54. The van der Waals surface area contributed by atoms with Gasteiger partial charge in [0.25, 0.3) is 0 Å². The van der Waals surface area contributed by atoms with Crippen LogP contribution in [0.4, 0.5) is 0 Å². The Bertz CT molecular complexity index is 567. The van der Waals surface area contributed by atoms with Gasteiger partial charge in [-0.25, -0.2) is 0 Å². The van der Waals surface area contributed by atoms with E-state index in [1.165, 1.54) is 36.8 Å². The fourth-order valence-corrected chi connectivity index (χ4v) is 4.54. The van der Waals surface area contributed by atoms with Gasteiger partial charge in [-0.05, 0) is 47.1 Å². The van der Waals surface area contributed by atoms with Crippen LogP contribution in [0.25, 0.3) is 0 Å². The van der Waals surface area contributed by atoms with E-state index in [1.807, 2.05) is 12.3 Å². The van der Waals surface area contributed by atoms with Crippen LogP contribution in [-0.4, -0.2) is 0 Å². The Hall–Kier alpha value is -1.50. The minimum atomic E-state index is 0.271.